The summed E-state index contributed by atoms with van der Waals surface area (Å²) in [6.45, 7) is 9.90. The number of nitrogens with two attached hydrogens (primary N) is 1. The summed E-state index contributed by atoms with van der Waals surface area (Å²) in [7, 11) is -3.77. The molecule has 0 rings (SSSR count). The van der Waals surface area contributed by atoms with Crippen LogP contribution < -0.4 is 21.1 Å². The van der Waals surface area contributed by atoms with E-state index in [1.54, 1.807) is 13.8 Å². The van der Waals surface area contributed by atoms with Gasteiger partial charge >= 0.3 is 0 Å². The molecule has 0 aromatic rings. The molecule has 174 valence electrons. The molecule has 3 atom stereocenters. The fraction of sp³-hybridized carbons (Fsp3) is 0.789. The number of hydrogen-bond acceptors (Lipinski definition) is 7. The van der Waals surface area contributed by atoms with Gasteiger partial charge in [0.25, 0.3) is 5.91 Å². The minimum Gasteiger partial charge on any atom is -0.344 e. The van der Waals surface area contributed by atoms with Crippen LogP contribution in [0, 0.1) is 17.8 Å². The molecule has 0 aliphatic heterocycles. The van der Waals surface area contributed by atoms with Gasteiger partial charge in [0, 0.05) is 12.3 Å². The summed E-state index contributed by atoms with van der Waals surface area (Å²) < 4.78 is 25.3. The van der Waals surface area contributed by atoms with Gasteiger partial charge < -0.3 is 16.4 Å². The zero-order chi connectivity index (χ0) is 23.6. The van der Waals surface area contributed by atoms with Crippen molar-refractivity contribution in [1.82, 2.24) is 15.4 Å². The summed E-state index contributed by atoms with van der Waals surface area (Å²) in [5, 5.41) is 5.06. The van der Waals surface area contributed by atoms with Crippen LogP contribution in [0.15, 0.2) is 0 Å². The van der Waals surface area contributed by atoms with Gasteiger partial charge in [-0.05, 0) is 32.1 Å². The molecule has 0 saturated carbocycles. The Bertz CT molecular complexity index is 721. The highest BCUT2D eigenvalue weighted by molar-refractivity contribution is 7.90. The molecule has 0 aliphatic rings. The third-order valence-electron chi connectivity index (χ3n) is 4.55. The molecule has 11 heteroatoms. The highest BCUT2D eigenvalue weighted by atomic mass is 32.2. The lowest BCUT2D eigenvalue weighted by atomic mass is 9.89. The lowest BCUT2D eigenvalue weighted by molar-refractivity contribution is -0.134. The van der Waals surface area contributed by atoms with E-state index in [1.165, 1.54) is 13.8 Å². The van der Waals surface area contributed by atoms with Crippen LogP contribution in [0.2, 0.25) is 0 Å². The van der Waals surface area contributed by atoms with Crippen LogP contribution in [-0.2, 0) is 29.2 Å². The van der Waals surface area contributed by atoms with Crippen molar-refractivity contribution in [3.05, 3.63) is 0 Å². The lowest BCUT2D eigenvalue weighted by Gasteiger charge is -2.24. The Morgan fingerprint density at radius 1 is 0.900 bits per heavy atom. The minimum atomic E-state index is -3.77. The number of amides is 3. The van der Waals surface area contributed by atoms with E-state index in [2.05, 4.69) is 10.6 Å². The summed E-state index contributed by atoms with van der Waals surface area (Å²) in [4.78, 5) is 49.0. The maximum absolute atomic E-state index is 12.5. The molecule has 0 fully saturated rings. The Kier molecular flexibility index (Phi) is 11.8. The maximum atomic E-state index is 12.5. The van der Waals surface area contributed by atoms with Gasteiger partial charge in [-0.15, -0.1) is 0 Å². The average molecular weight is 449 g/mol. The van der Waals surface area contributed by atoms with E-state index in [0.717, 1.165) is 0 Å². The molecule has 5 N–H and O–H groups in total. The first kappa shape index (κ1) is 28.0. The van der Waals surface area contributed by atoms with Gasteiger partial charge in [0.1, 0.15) is 17.9 Å². The number of carbonyl (C=O) groups excluding carboxylic acids is 4. The molecule has 10 nitrogen and oxygen atoms in total. The van der Waals surface area contributed by atoms with E-state index in [4.69, 9.17) is 5.73 Å². The lowest BCUT2D eigenvalue weighted by Crippen LogP contribution is -2.54. The predicted octanol–water partition coefficient (Wildman–Crippen LogP) is -0.322. The molecule has 0 saturated heterocycles. The maximum Gasteiger partial charge on any atom is 0.256 e. The fourth-order valence-electron chi connectivity index (χ4n) is 2.64. The molecule has 0 aliphatic carbocycles. The summed E-state index contributed by atoms with van der Waals surface area (Å²) in [6.07, 6.45) is 0.193. The van der Waals surface area contributed by atoms with Gasteiger partial charge in [0.2, 0.25) is 21.8 Å². The summed E-state index contributed by atoms with van der Waals surface area (Å²) >= 11 is 0. The quantitative estimate of drug-likeness (QED) is 0.300. The van der Waals surface area contributed by atoms with Crippen molar-refractivity contribution in [3.63, 3.8) is 0 Å². The van der Waals surface area contributed by atoms with E-state index in [0.29, 0.717) is 0 Å². The molecule has 0 aromatic carbocycles. The summed E-state index contributed by atoms with van der Waals surface area (Å²) in [6, 6.07) is -2.06. The van der Waals surface area contributed by atoms with E-state index in [-0.39, 0.29) is 42.8 Å². The van der Waals surface area contributed by atoms with Crippen LogP contribution in [0.1, 0.15) is 54.4 Å². The monoisotopic (exact) mass is 448 g/mol. The van der Waals surface area contributed by atoms with E-state index < -0.39 is 45.7 Å². The molecule has 0 bridgehead atoms. The molecular formula is C19H36N4O6S. The van der Waals surface area contributed by atoms with Crippen LogP contribution >= 0.6 is 0 Å². The summed E-state index contributed by atoms with van der Waals surface area (Å²) in [5.41, 5.74) is 5.32. The Balaban J connectivity index is 5.19. The first-order valence-electron chi connectivity index (χ1n) is 10.1. The van der Waals surface area contributed by atoms with E-state index in [1.807, 2.05) is 18.6 Å². The number of carbonyl (C=O) groups is 4. The second kappa shape index (κ2) is 12.6. The van der Waals surface area contributed by atoms with Crippen molar-refractivity contribution in [2.45, 2.75) is 66.5 Å². The minimum absolute atomic E-state index is 0.00266. The first-order valence-corrected chi connectivity index (χ1v) is 11.8. The van der Waals surface area contributed by atoms with Crippen molar-refractivity contribution in [3.8, 4) is 0 Å². The first-order chi connectivity index (χ1) is 13.7. The highest BCUT2D eigenvalue weighted by Crippen LogP contribution is 2.16. The van der Waals surface area contributed by atoms with Gasteiger partial charge in [-0.2, -0.15) is 0 Å². The van der Waals surface area contributed by atoms with Crippen molar-refractivity contribution < 1.29 is 27.6 Å². The third-order valence-corrected chi connectivity index (χ3v) is 5.82. The Morgan fingerprint density at radius 2 is 1.47 bits per heavy atom. The van der Waals surface area contributed by atoms with Gasteiger partial charge in [0.15, 0.2) is 0 Å². The highest BCUT2D eigenvalue weighted by Gasteiger charge is 2.30. The Hall–Kier alpha value is -2.01. The normalized spacial score (nSPS) is 14.7. The Labute approximate surface area is 179 Å². The van der Waals surface area contributed by atoms with E-state index >= 15 is 0 Å². The Morgan fingerprint density at radius 3 is 1.90 bits per heavy atom. The molecule has 0 aromatic heterocycles. The predicted molar refractivity (Wildman–Crippen MR) is 114 cm³/mol. The molecule has 0 heterocycles. The zero-order valence-corrected chi connectivity index (χ0v) is 19.5. The van der Waals surface area contributed by atoms with Gasteiger partial charge in [-0.1, -0.05) is 27.7 Å². The van der Waals surface area contributed by atoms with Crippen LogP contribution in [0.3, 0.4) is 0 Å². The van der Waals surface area contributed by atoms with Crippen LogP contribution in [0.4, 0.5) is 0 Å². The van der Waals surface area contributed by atoms with Crippen molar-refractivity contribution >= 4 is 33.5 Å². The standard InChI is InChI=1S/C19H36N4O6S/c1-7-30(28,29)23-19(27)16(8-11(2)3)22-17(25)13(6)21-18(26)15(12(4)5)9-14(24)10-20/h11-13,15-16H,7-10,20H2,1-6H3,(H,21,26)(H,22,25)(H,23,27)/t13-,15-,16-/m0/s1. The second-order valence-corrected chi connectivity index (χ2v) is 10.1. The number of Topliss-reactive ketones (excluding diaryl/α,β-unsaturated/α-hetero) is 1. The largest absolute Gasteiger partial charge is 0.344 e. The number of ketones is 1. The molecule has 0 unspecified atom stereocenters. The van der Waals surface area contributed by atoms with Gasteiger partial charge in [-0.25, -0.2) is 8.42 Å². The van der Waals surface area contributed by atoms with Crippen LogP contribution in [0.25, 0.3) is 0 Å². The number of rotatable bonds is 13. The second-order valence-electron chi connectivity index (χ2n) is 8.09. The SMILES string of the molecule is CCS(=O)(=O)NC(=O)[C@H](CC(C)C)NC(=O)[C@H](C)NC(=O)[C@@H](CC(=O)CN)C(C)C. The van der Waals surface area contributed by atoms with Gasteiger partial charge in [-0.3, -0.25) is 23.9 Å². The van der Waals surface area contributed by atoms with Crippen LogP contribution in [0.5, 0.6) is 0 Å². The molecule has 0 spiro atoms. The molecular weight excluding hydrogens is 412 g/mol. The van der Waals surface area contributed by atoms with Crippen molar-refractivity contribution in [2.75, 3.05) is 12.3 Å². The average Bonchev–Trinajstić information content (AvgIpc) is 2.63. The fourth-order valence-corrected chi connectivity index (χ4v) is 3.24. The topological polar surface area (TPSA) is 165 Å². The number of nitrogens with one attached hydrogen (secondary N) is 3. The van der Waals surface area contributed by atoms with Crippen LogP contribution in [-0.4, -0.2) is 56.3 Å². The molecule has 3 amide bonds. The van der Waals surface area contributed by atoms with Gasteiger partial charge in [0.05, 0.1) is 12.3 Å². The zero-order valence-electron chi connectivity index (χ0n) is 18.7. The smallest absolute Gasteiger partial charge is 0.256 e. The van der Waals surface area contributed by atoms with Crippen molar-refractivity contribution in [1.29, 1.82) is 0 Å². The van der Waals surface area contributed by atoms with Crippen molar-refractivity contribution in [2.24, 2.45) is 23.5 Å². The number of sulfonamides is 1. The third kappa shape index (κ3) is 10.1. The molecule has 0 radical (unpaired) electrons. The number of hydrogen-bond donors (Lipinski definition) is 4. The molecule has 30 heavy (non-hydrogen) atoms. The van der Waals surface area contributed by atoms with E-state index in [9.17, 15) is 27.6 Å². The summed E-state index contributed by atoms with van der Waals surface area (Å²) in [5.74, 6) is -3.24.